The zero-order valence-electron chi connectivity index (χ0n) is 15.2. The molecule has 2 aromatic carbocycles. The van der Waals surface area contributed by atoms with Gasteiger partial charge in [0.1, 0.15) is 0 Å². The first kappa shape index (κ1) is 18.8. The summed E-state index contributed by atoms with van der Waals surface area (Å²) in [6, 6.07) is 7.95. The van der Waals surface area contributed by atoms with Gasteiger partial charge in [0.15, 0.2) is 23.0 Å². The van der Waals surface area contributed by atoms with Crippen molar-refractivity contribution in [3.8, 4) is 45.7 Å². The Labute approximate surface area is 165 Å². The minimum absolute atomic E-state index is 0.0776. The van der Waals surface area contributed by atoms with Gasteiger partial charge in [-0.2, -0.15) is 8.42 Å². The van der Waals surface area contributed by atoms with E-state index in [4.69, 9.17) is 23.5 Å². The SMILES string of the molecule is COc1ccc(-c2cnnn2-c2cc(OC)c3c(c2)OCO3)cc1OS(=O)(=O)O. The van der Waals surface area contributed by atoms with E-state index in [0.29, 0.717) is 34.2 Å². The molecule has 0 radical (unpaired) electrons. The first-order valence-electron chi connectivity index (χ1n) is 8.13. The summed E-state index contributed by atoms with van der Waals surface area (Å²) in [5.74, 6) is 1.37. The summed E-state index contributed by atoms with van der Waals surface area (Å²) in [6.45, 7) is 0.0776. The first-order chi connectivity index (χ1) is 13.9. The molecule has 12 heteroatoms. The van der Waals surface area contributed by atoms with Gasteiger partial charge in [-0.15, -0.1) is 5.10 Å². The van der Waals surface area contributed by atoms with Crippen molar-refractivity contribution < 1.29 is 36.1 Å². The number of hydrogen-bond acceptors (Lipinski definition) is 9. The predicted molar refractivity (Wildman–Crippen MR) is 98.2 cm³/mol. The van der Waals surface area contributed by atoms with Crippen LogP contribution in [0, 0.1) is 0 Å². The highest BCUT2D eigenvalue weighted by Crippen LogP contribution is 2.43. The van der Waals surface area contributed by atoms with Crippen LogP contribution in [0.25, 0.3) is 16.9 Å². The number of rotatable bonds is 6. The van der Waals surface area contributed by atoms with Gasteiger partial charge >= 0.3 is 10.4 Å². The van der Waals surface area contributed by atoms with E-state index in [0.717, 1.165) is 0 Å². The van der Waals surface area contributed by atoms with Gasteiger partial charge in [0.25, 0.3) is 0 Å². The van der Waals surface area contributed by atoms with Crippen molar-refractivity contribution in [3.05, 3.63) is 36.5 Å². The Kier molecular flexibility index (Phi) is 4.64. The fraction of sp³-hybridized carbons (Fsp3) is 0.176. The molecule has 0 aliphatic carbocycles. The molecule has 1 aromatic heterocycles. The van der Waals surface area contributed by atoms with Crippen LogP contribution in [0.3, 0.4) is 0 Å². The normalized spacial score (nSPS) is 12.7. The van der Waals surface area contributed by atoms with Crippen LogP contribution in [0.15, 0.2) is 36.5 Å². The standard InChI is InChI=1S/C17H15N3O8S/c1-24-13-4-3-10(5-14(13)28-29(21,22)23)12-8-18-19-20(12)11-6-15(25-2)17-16(7-11)26-9-27-17/h3-8H,9H2,1-2H3,(H,21,22,23). The predicted octanol–water partition coefficient (Wildman–Crippen LogP) is 1.86. The summed E-state index contributed by atoms with van der Waals surface area (Å²) in [5.41, 5.74) is 1.59. The Bertz CT molecular complexity index is 1180. The van der Waals surface area contributed by atoms with Gasteiger partial charge in [-0.1, -0.05) is 5.21 Å². The zero-order valence-corrected chi connectivity index (χ0v) is 16.0. The van der Waals surface area contributed by atoms with Crippen LogP contribution in [0.2, 0.25) is 0 Å². The van der Waals surface area contributed by atoms with E-state index in [1.54, 1.807) is 18.2 Å². The molecule has 3 aromatic rings. The van der Waals surface area contributed by atoms with Crippen molar-refractivity contribution >= 4 is 10.4 Å². The minimum atomic E-state index is -4.74. The molecule has 1 aliphatic heterocycles. The number of hydrogen-bond donors (Lipinski definition) is 1. The molecule has 0 saturated heterocycles. The van der Waals surface area contributed by atoms with E-state index in [2.05, 4.69) is 14.5 Å². The maximum Gasteiger partial charge on any atom is 0.446 e. The summed E-state index contributed by atoms with van der Waals surface area (Å²) in [6.07, 6.45) is 1.48. The number of methoxy groups -OCH3 is 2. The summed E-state index contributed by atoms with van der Waals surface area (Å²) < 4.78 is 58.7. The van der Waals surface area contributed by atoms with Crippen molar-refractivity contribution in [3.63, 3.8) is 0 Å². The molecule has 0 atom stereocenters. The highest BCUT2D eigenvalue weighted by molar-refractivity contribution is 7.81. The van der Waals surface area contributed by atoms with E-state index in [9.17, 15) is 8.42 Å². The number of benzene rings is 2. The van der Waals surface area contributed by atoms with Gasteiger partial charge in [-0.05, 0) is 18.2 Å². The van der Waals surface area contributed by atoms with Gasteiger partial charge in [-0.25, -0.2) is 4.68 Å². The van der Waals surface area contributed by atoms with E-state index in [-0.39, 0.29) is 18.3 Å². The molecule has 0 unspecified atom stereocenters. The number of fused-ring (bicyclic) bond motifs is 1. The van der Waals surface area contributed by atoms with Crippen molar-refractivity contribution in [2.75, 3.05) is 21.0 Å². The maximum absolute atomic E-state index is 11.1. The summed E-state index contributed by atoms with van der Waals surface area (Å²) in [5, 5.41) is 8.02. The second-order valence-corrected chi connectivity index (χ2v) is 6.81. The van der Waals surface area contributed by atoms with Gasteiger partial charge in [0.05, 0.1) is 31.8 Å². The van der Waals surface area contributed by atoms with Crippen molar-refractivity contribution in [2.45, 2.75) is 0 Å². The van der Waals surface area contributed by atoms with Crippen LogP contribution >= 0.6 is 0 Å². The molecule has 4 rings (SSSR count). The quantitative estimate of drug-likeness (QED) is 0.588. The topological polar surface area (TPSA) is 131 Å². The highest BCUT2D eigenvalue weighted by atomic mass is 32.3. The summed E-state index contributed by atoms with van der Waals surface area (Å²) in [4.78, 5) is 0. The van der Waals surface area contributed by atoms with Crippen molar-refractivity contribution in [1.82, 2.24) is 15.0 Å². The molecule has 0 spiro atoms. The van der Waals surface area contributed by atoms with Crippen LogP contribution in [-0.4, -0.2) is 49.0 Å². The fourth-order valence-corrected chi connectivity index (χ4v) is 3.23. The third-order valence-electron chi connectivity index (χ3n) is 4.09. The lowest BCUT2D eigenvalue weighted by molar-refractivity contribution is 0.171. The van der Waals surface area contributed by atoms with E-state index in [1.807, 2.05) is 0 Å². The first-order valence-corrected chi connectivity index (χ1v) is 9.50. The van der Waals surface area contributed by atoms with E-state index >= 15 is 0 Å². The van der Waals surface area contributed by atoms with E-state index < -0.39 is 10.4 Å². The van der Waals surface area contributed by atoms with Crippen molar-refractivity contribution in [1.29, 1.82) is 0 Å². The van der Waals surface area contributed by atoms with Crippen LogP contribution in [-0.2, 0) is 10.4 Å². The zero-order chi connectivity index (χ0) is 20.6. The lowest BCUT2D eigenvalue weighted by Gasteiger charge is -2.12. The van der Waals surface area contributed by atoms with Crippen molar-refractivity contribution in [2.24, 2.45) is 0 Å². The molecule has 1 N–H and O–H groups in total. The van der Waals surface area contributed by atoms with Crippen LogP contribution in [0.5, 0.6) is 28.7 Å². The Morgan fingerprint density at radius 1 is 1.07 bits per heavy atom. The highest BCUT2D eigenvalue weighted by Gasteiger charge is 2.23. The van der Waals surface area contributed by atoms with E-state index in [1.165, 1.54) is 37.2 Å². The molecule has 2 heterocycles. The lowest BCUT2D eigenvalue weighted by Crippen LogP contribution is -2.08. The monoisotopic (exact) mass is 421 g/mol. The molecule has 0 amide bonds. The van der Waals surface area contributed by atoms with Gasteiger partial charge in [0.2, 0.25) is 12.5 Å². The molecular weight excluding hydrogens is 406 g/mol. The summed E-state index contributed by atoms with van der Waals surface area (Å²) >= 11 is 0. The molecule has 152 valence electrons. The molecule has 0 saturated carbocycles. The average Bonchev–Trinajstić information content (AvgIpc) is 3.35. The van der Waals surface area contributed by atoms with Gasteiger partial charge < -0.3 is 23.1 Å². The molecule has 11 nitrogen and oxygen atoms in total. The third-order valence-corrected chi connectivity index (χ3v) is 4.48. The number of nitrogens with zero attached hydrogens (tertiary/aromatic N) is 3. The molecular formula is C17H15N3O8S. The molecule has 1 aliphatic rings. The van der Waals surface area contributed by atoms with Crippen LogP contribution < -0.4 is 23.1 Å². The lowest BCUT2D eigenvalue weighted by atomic mass is 10.1. The summed E-state index contributed by atoms with van der Waals surface area (Å²) in [7, 11) is -1.89. The van der Waals surface area contributed by atoms with Gasteiger partial charge in [0, 0.05) is 17.7 Å². The Balaban J connectivity index is 1.81. The Hall–Kier alpha value is -3.51. The second kappa shape index (κ2) is 7.14. The van der Waals surface area contributed by atoms with Crippen LogP contribution in [0.1, 0.15) is 0 Å². The number of aromatic nitrogens is 3. The average molecular weight is 421 g/mol. The largest absolute Gasteiger partial charge is 0.493 e. The Morgan fingerprint density at radius 2 is 1.86 bits per heavy atom. The smallest absolute Gasteiger partial charge is 0.446 e. The molecule has 29 heavy (non-hydrogen) atoms. The third kappa shape index (κ3) is 3.62. The molecule has 0 bridgehead atoms. The molecule has 0 fully saturated rings. The van der Waals surface area contributed by atoms with Crippen LogP contribution in [0.4, 0.5) is 0 Å². The Morgan fingerprint density at radius 3 is 2.59 bits per heavy atom. The second-order valence-electron chi connectivity index (χ2n) is 5.79. The van der Waals surface area contributed by atoms with Gasteiger partial charge in [-0.3, -0.25) is 4.55 Å². The number of ether oxygens (including phenoxy) is 4. The minimum Gasteiger partial charge on any atom is -0.493 e. The fourth-order valence-electron chi connectivity index (χ4n) is 2.88. The maximum atomic E-state index is 11.1.